The molecule has 0 unspecified atom stereocenters. The molecule has 2 heterocycles. The number of carbonyl (C=O) groups excluding carboxylic acids is 2. The van der Waals surface area contributed by atoms with Crippen LogP contribution in [0.4, 0.5) is 0 Å². The second-order valence-electron chi connectivity index (χ2n) is 8.02. The van der Waals surface area contributed by atoms with Gasteiger partial charge in [0, 0.05) is 57.2 Å². The first-order valence-electron chi connectivity index (χ1n) is 10.9. The number of aryl methyl sites for hydroxylation is 3. The fraction of sp³-hybridized carbons (Fsp3) is 0.360. The van der Waals surface area contributed by atoms with Crippen LogP contribution in [0.1, 0.15) is 39.2 Å². The van der Waals surface area contributed by atoms with Crippen LogP contribution in [0, 0.1) is 20.8 Å². The van der Waals surface area contributed by atoms with Crippen molar-refractivity contribution in [2.45, 2.75) is 33.7 Å². The van der Waals surface area contributed by atoms with E-state index < -0.39 is 0 Å². The van der Waals surface area contributed by atoms with Crippen LogP contribution in [-0.2, 0) is 16.1 Å². The molecule has 8 heteroatoms. The molecule has 1 aromatic carbocycles. The third-order valence-corrected chi connectivity index (χ3v) is 5.35. The Morgan fingerprint density at radius 2 is 1.76 bits per heavy atom. The van der Waals surface area contributed by atoms with Crippen LogP contribution in [0.25, 0.3) is 11.3 Å². The average Bonchev–Trinajstić information content (AvgIpc) is 3.27. The zero-order chi connectivity index (χ0) is 23.8. The van der Waals surface area contributed by atoms with Crippen molar-refractivity contribution in [1.29, 1.82) is 0 Å². The second-order valence-corrected chi connectivity index (χ2v) is 8.02. The largest absolute Gasteiger partial charge is 0.383 e. The number of methoxy groups -OCH3 is 1. The number of ether oxygens (including phenoxy) is 1. The van der Waals surface area contributed by atoms with Gasteiger partial charge in [-0.15, -0.1) is 0 Å². The van der Waals surface area contributed by atoms with Crippen molar-refractivity contribution in [3.63, 3.8) is 0 Å². The number of aromatic nitrogens is 2. The van der Waals surface area contributed by atoms with Crippen LogP contribution in [0.15, 0.2) is 47.2 Å². The number of hydrogen-bond donors (Lipinski definition) is 1. The Bertz CT molecular complexity index is 1070. The predicted octanol–water partition coefficient (Wildman–Crippen LogP) is 3.46. The van der Waals surface area contributed by atoms with Crippen LogP contribution < -0.4 is 5.32 Å². The molecule has 0 atom stereocenters. The molecule has 0 bridgehead atoms. The molecule has 8 nitrogen and oxygen atoms in total. The lowest BCUT2D eigenvalue weighted by atomic mass is 9.98. The fourth-order valence-corrected chi connectivity index (χ4v) is 3.77. The van der Waals surface area contributed by atoms with Crippen molar-refractivity contribution >= 4 is 11.8 Å². The summed E-state index contributed by atoms with van der Waals surface area (Å²) in [5.41, 5.74) is 5.39. The van der Waals surface area contributed by atoms with E-state index in [0.717, 1.165) is 27.8 Å². The first-order valence-corrected chi connectivity index (χ1v) is 10.9. The SMILES string of the molecule is COCCN(CCC(=O)NCc1ccncc1)C(=O)c1cc(-c2c(C)cc(C)cc2C)on1. The lowest BCUT2D eigenvalue weighted by Gasteiger charge is -2.21. The van der Waals surface area contributed by atoms with Gasteiger partial charge < -0.3 is 19.5 Å². The molecule has 1 N–H and O–H groups in total. The number of nitrogens with one attached hydrogen (secondary N) is 1. The minimum atomic E-state index is -0.300. The van der Waals surface area contributed by atoms with E-state index in [-0.39, 0.29) is 30.5 Å². The van der Waals surface area contributed by atoms with E-state index in [1.54, 1.807) is 30.5 Å². The lowest BCUT2D eigenvalue weighted by molar-refractivity contribution is -0.121. The Hall–Kier alpha value is -3.52. The first kappa shape index (κ1) is 24.1. The molecule has 3 aromatic rings. The van der Waals surface area contributed by atoms with Gasteiger partial charge in [0.25, 0.3) is 5.91 Å². The van der Waals surface area contributed by atoms with E-state index in [4.69, 9.17) is 9.26 Å². The quantitative estimate of drug-likeness (QED) is 0.508. The van der Waals surface area contributed by atoms with E-state index in [2.05, 4.69) is 27.6 Å². The van der Waals surface area contributed by atoms with Crippen LogP contribution in [0.5, 0.6) is 0 Å². The molecule has 0 aliphatic heterocycles. The van der Waals surface area contributed by atoms with Crippen molar-refractivity contribution in [3.05, 3.63) is 70.7 Å². The molecule has 174 valence electrons. The van der Waals surface area contributed by atoms with Gasteiger partial charge in [0.05, 0.1) is 6.61 Å². The summed E-state index contributed by atoms with van der Waals surface area (Å²) in [6, 6.07) is 9.49. The summed E-state index contributed by atoms with van der Waals surface area (Å²) in [7, 11) is 1.57. The van der Waals surface area contributed by atoms with Crippen LogP contribution in [-0.4, -0.2) is 53.7 Å². The molecule has 0 saturated carbocycles. The Morgan fingerprint density at radius 3 is 2.42 bits per heavy atom. The van der Waals surface area contributed by atoms with Crippen LogP contribution >= 0.6 is 0 Å². The van der Waals surface area contributed by atoms with Gasteiger partial charge >= 0.3 is 0 Å². The van der Waals surface area contributed by atoms with Crippen molar-refractivity contribution in [1.82, 2.24) is 20.4 Å². The minimum Gasteiger partial charge on any atom is -0.383 e. The fourth-order valence-electron chi connectivity index (χ4n) is 3.77. The third kappa shape index (κ3) is 6.49. The highest BCUT2D eigenvalue weighted by Gasteiger charge is 2.22. The molecule has 2 amide bonds. The molecule has 2 aromatic heterocycles. The van der Waals surface area contributed by atoms with Gasteiger partial charge in [-0.2, -0.15) is 0 Å². The maximum atomic E-state index is 13.1. The maximum absolute atomic E-state index is 13.1. The number of benzene rings is 1. The van der Waals surface area contributed by atoms with Gasteiger partial charge in [-0.1, -0.05) is 22.9 Å². The molecule has 33 heavy (non-hydrogen) atoms. The van der Waals surface area contributed by atoms with E-state index in [0.29, 0.717) is 25.5 Å². The number of hydrogen-bond acceptors (Lipinski definition) is 6. The van der Waals surface area contributed by atoms with Gasteiger partial charge in [0.2, 0.25) is 5.91 Å². The number of carbonyl (C=O) groups is 2. The maximum Gasteiger partial charge on any atom is 0.276 e. The molecular weight excluding hydrogens is 420 g/mol. The predicted molar refractivity (Wildman–Crippen MR) is 125 cm³/mol. The average molecular weight is 451 g/mol. The summed E-state index contributed by atoms with van der Waals surface area (Å²) >= 11 is 0. The van der Waals surface area contributed by atoms with Gasteiger partial charge in [0.1, 0.15) is 0 Å². The lowest BCUT2D eigenvalue weighted by Crippen LogP contribution is -2.37. The Balaban J connectivity index is 1.66. The molecule has 0 aliphatic rings. The monoisotopic (exact) mass is 450 g/mol. The topological polar surface area (TPSA) is 97.6 Å². The number of nitrogens with zero attached hydrogens (tertiary/aromatic N) is 3. The molecule has 0 fully saturated rings. The highest BCUT2D eigenvalue weighted by molar-refractivity contribution is 5.93. The van der Waals surface area contributed by atoms with Gasteiger partial charge in [-0.25, -0.2) is 0 Å². The third-order valence-electron chi connectivity index (χ3n) is 5.35. The number of amides is 2. The molecule has 0 saturated heterocycles. The zero-order valence-corrected chi connectivity index (χ0v) is 19.6. The minimum absolute atomic E-state index is 0.145. The summed E-state index contributed by atoms with van der Waals surface area (Å²) in [5.74, 6) is 0.107. The van der Waals surface area contributed by atoms with Crippen LogP contribution in [0.2, 0.25) is 0 Å². The summed E-state index contributed by atoms with van der Waals surface area (Å²) in [4.78, 5) is 31.0. The van der Waals surface area contributed by atoms with E-state index in [1.807, 2.05) is 32.9 Å². The zero-order valence-electron chi connectivity index (χ0n) is 19.6. The molecule has 0 aliphatic carbocycles. The van der Waals surface area contributed by atoms with Gasteiger partial charge in [-0.3, -0.25) is 14.6 Å². The summed E-state index contributed by atoms with van der Waals surface area (Å²) in [6.45, 7) is 7.41. The Morgan fingerprint density at radius 1 is 1.06 bits per heavy atom. The number of pyridine rings is 1. The smallest absolute Gasteiger partial charge is 0.276 e. The molecule has 3 rings (SSSR count). The standard InChI is InChI=1S/C25H30N4O4/c1-17-13-18(2)24(19(3)14-17)22-15-21(28-33-22)25(31)29(11-12-32-4)10-7-23(30)27-16-20-5-8-26-9-6-20/h5-6,8-9,13-15H,7,10-12,16H2,1-4H3,(H,27,30). The van der Waals surface area contributed by atoms with Gasteiger partial charge in [-0.05, 0) is 49.6 Å². The summed E-state index contributed by atoms with van der Waals surface area (Å²) < 4.78 is 10.7. The molecule has 0 radical (unpaired) electrons. The molecule has 0 spiro atoms. The van der Waals surface area contributed by atoms with E-state index >= 15 is 0 Å². The Kier molecular flexibility index (Phi) is 8.32. The summed E-state index contributed by atoms with van der Waals surface area (Å²) in [5, 5.41) is 6.88. The second kappa shape index (κ2) is 11.4. The number of rotatable bonds is 10. The summed E-state index contributed by atoms with van der Waals surface area (Å²) in [6.07, 6.45) is 3.53. The Labute approximate surface area is 193 Å². The highest BCUT2D eigenvalue weighted by Crippen LogP contribution is 2.29. The molecular formula is C25H30N4O4. The van der Waals surface area contributed by atoms with Crippen molar-refractivity contribution in [3.8, 4) is 11.3 Å². The van der Waals surface area contributed by atoms with Crippen molar-refractivity contribution in [2.75, 3.05) is 26.8 Å². The van der Waals surface area contributed by atoms with Crippen molar-refractivity contribution in [2.24, 2.45) is 0 Å². The van der Waals surface area contributed by atoms with Gasteiger partial charge in [0.15, 0.2) is 11.5 Å². The highest BCUT2D eigenvalue weighted by atomic mass is 16.5. The normalized spacial score (nSPS) is 10.8. The first-order chi connectivity index (χ1) is 15.9. The van der Waals surface area contributed by atoms with Crippen molar-refractivity contribution < 1.29 is 18.8 Å². The van der Waals surface area contributed by atoms with Crippen LogP contribution in [0.3, 0.4) is 0 Å². The van der Waals surface area contributed by atoms with E-state index in [1.165, 1.54) is 0 Å². The van der Waals surface area contributed by atoms with E-state index in [9.17, 15) is 9.59 Å².